The second-order valence-corrected chi connectivity index (χ2v) is 2.66. The SMILES string of the molecule is CCOc1c(N(C)C)c(=O)c1=O. The van der Waals surface area contributed by atoms with Crippen LogP contribution in [0.4, 0.5) is 5.69 Å². The van der Waals surface area contributed by atoms with Gasteiger partial charge in [0, 0.05) is 14.1 Å². The smallest absolute Gasteiger partial charge is 0.272 e. The van der Waals surface area contributed by atoms with Crippen LogP contribution in [0.15, 0.2) is 9.59 Å². The van der Waals surface area contributed by atoms with Gasteiger partial charge >= 0.3 is 0 Å². The van der Waals surface area contributed by atoms with Crippen LogP contribution in [0.25, 0.3) is 0 Å². The molecule has 0 amide bonds. The molecule has 0 bridgehead atoms. The summed E-state index contributed by atoms with van der Waals surface area (Å²) in [6, 6.07) is 0. The molecular weight excluding hydrogens is 158 g/mol. The highest BCUT2D eigenvalue weighted by Crippen LogP contribution is 2.19. The van der Waals surface area contributed by atoms with Crippen molar-refractivity contribution in [2.75, 3.05) is 25.6 Å². The third-order valence-corrected chi connectivity index (χ3v) is 1.58. The summed E-state index contributed by atoms with van der Waals surface area (Å²) in [6.45, 7) is 2.18. The molecule has 1 aromatic carbocycles. The summed E-state index contributed by atoms with van der Waals surface area (Å²) in [5.41, 5.74) is -0.592. The highest BCUT2D eigenvalue weighted by Gasteiger charge is 2.23. The minimum atomic E-state index is -0.513. The first-order valence-electron chi connectivity index (χ1n) is 3.73. The van der Waals surface area contributed by atoms with Crippen molar-refractivity contribution in [2.45, 2.75) is 6.92 Å². The molecule has 0 saturated carbocycles. The summed E-state index contributed by atoms with van der Waals surface area (Å²) in [4.78, 5) is 23.5. The molecule has 12 heavy (non-hydrogen) atoms. The van der Waals surface area contributed by atoms with E-state index in [2.05, 4.69) is 0 Å². The predicted octanol–water partition coefficient (Wildman–Crippen LogP) is -0.253. The van der Waals surface area contributed by atoms with Crippen LogP contribution in [0.5, 0.6) is 5.75 Å². The van der Waals surface area contributed by atoms with E-state index in [1.165, 1.54) is 0 Å². The van der Waals surface area contributed by atoms with Crippen LogP contribution >= 0.6 is 0 Å². The molecule has 4 heteroatoms. The topological polar surface area (TPSA) is 46.6 Å². The Hall–Kier alpha value is -1.32. The molecule has 0 saturated heterocycles. The Kier molecular flexibility index (Phi) is 2.17. The number of anilines is 1. The first-order chi connectivity index (χ1) is 5.59. The fraction of sp³-hybridized carbons (Fsp3) is 0.500. The van der Waals surface area contributed by atoms with Crippen LogP contribution < -0.4 is 20.5 Å². The van der Waals surface area contributed by atoms with Crippen molar-refractivity contribution in [3.8, 4) is 5.75 Å². The molecule has 0 radical (unpaired) electrons. The average molecular weight is 169 g/mol. The molecule has 0 heterocycles. The molecule has 0 N–H and O–H groups in total. The third-order valence-electron chi connectivity index (χ3n) is 1.58. The van der Waals surface area contributed by atoms with E-state index in [1.807, 2.05) is 0 Å². The lowest BCUT2D eigenvalue weighted by Crippen LogP contribution is -2.38. The van der Waals surface area contributed by atoms with Crippen molar-refractivity contribution in [1.29, 1.82) is 0 Å². The lowest BCUT2D eigenvalue weighted by molar-refractivity contribution is 0.334. The summed E-state index contributed by atoms with van der Waals surface area (Å²) in [5, 5.41) is 0. The Labute approximate surface area is 70.1 Å². The molecule has 0 spiro atoms. The first kappa shape index (κ1) is 8.77. The summed E-state index contributed by atoms with van der Waals surface area (Å²) in [5.74, 6) is 0.201. The van der Waals surface area contributed by atoms with Gasteiger partial charge in [0.1, 0.15) is 5.69 Å². The van der Waals surface area contributed by atoms with Gasteiger partial charge in [-0.15, -0.1) is 0 Å². The average Bonchev–Trinajstić information content (AvgIpc) is 2.02. The van der Waals surface area contributed by atoms with E-state index in [0.717, 1.165) is 0 Å². The van der Waals surface area contributed by atoms with Gasteiger partial charge in [-0.3, -0.25) is 9.59 Å². The minimum absolute atomic E-state index is 0.201. The van der Waals surface area contributed by atoms with E-state index < -0.39 is 10.9 Å². The number of nitrogens with zero attached hydrogens (tertiary/aromatic N) is 1. The molecule has 1 rings (SSSR count). The number of ether oxygens (including phenoxy) is 1. The highest BCUT2D eigenvalue weighted by molar-refractivity contribution is 5.62. The van der Waals surface area contributed by atoms with Gasteiger partial charge in [-0.2, -0.15) is 0 Å². The predicted molar refractivity (Wildman–Crippen MR) is 46.9 cm³/mol. The van der Waals surface area contributed by atoms with Crippen molar-refractivity contribution >= 4 is 5.69 Å². The van der Waals surface area contributed by atoms with Crippen LogP contribution in [0.3, 0.4) is 0 Å². The number of hydrogen-bond donors (Lipinski definition) is 0. The summed E-state index contributed by atoms with van der Waals surface area (Å²) in [7, 11) is 3.41. The standard InChI is InChI=1S/C8H11NO3/c1-4-12-8-5(9(2)3)6(10)7(8)11/h4H2,1-3H3. The van der Waals surface area contributed by atoms with Crippen molar-refractivity contribution in [2.24, 2.45) is 0 Å². The second-order valence-electron chi connectivity index (χ2n) is 2.66. The molecule has 0 fully saturated rings. The van der Waals surface area contributed by atoms with E-state index in [-0.39, 0.29) is 5.75 Å². The zero-order chi connectivity index (χ0) is 9.30. The van der Waals surface area contributed by atoms with Gasteiger partial charge in [0.05, 0.1) is 6.61 Å². The monoisotopic (exact) mass is 169 g/mol. The zero-order valence-electron chi connectivity index (χ0n) is 7.38. The third kappa shape index (κ3) is 1.09. The van der Waals surface area contributed by atoms with Crippen LogP contribution in [0.1, 0.15) is 6.92 Å². The molecule has 0 aromatic heterocycles. The second kappa shape index (κ2) is 2.97. The summed E-state index contributed by atoms with van der Waals surface area (Å²) >= 11 is 0. The highest BCUT2D eigenvalue weighted by atomic mass is 16.5. The Morgan fingerprint density at radius 1 is 1.25 bits per heavy atom. The van der Waals surface area contributed by atoms with E-state index in [0.29, 0.717) is 12.3 Å². The summed E-state index contributed by atoms with van der Waals surface area (Å²) in [6.07, 6.45) is 0. The van der Waals surface area contributed by atoms with E-state index in [1.54, 1.807) is 25.9 Å². The van der Waals surface area contributed by atoms with Crippen LogP contribution in [-0.2, 0) is 0 Å². The molecule has 0 aliphatic heterocycles. The van der Waals surface area contributed by atoms with E-state index in [9.17, 15) is 9.59 Å². The maximum absolute atomic E-state index is 11.0. The summed E-state index contributed by atoms with van der Waals surface area (Å²) < 4.78 is 5.00. The Morgan fingerprint density at radius 3 is 2.25 bits per heavy atom. The zero-order valence-corrected chi connectivity index (χ0v) is 7.38. The van der Waals surface area contributed by atoms with Crippen molar-refractivity contribution < 1.29 is 4.74 Å². The first-order valence-corrected chi connectivity index (χ1v) is 3.73. The molecule has 1 aromatic rings. The number of rotatable bonds is 3. The van der Waals surface area contributed by atoms with Gasteiger partial charge in [0.2, 0.25) is 0 Å². The molecule has 0 aliphatic rings. The Balaban J connectivity index is 3.05. The molecule has 66 valence electrons. The van der Waals surface area contributed by atoms with Crippen molar-refractivity contribution in [3.05, 3.63) is 20.4 Å². The minimum Gasteiger partial charge on any atom is -0.488 e. The van der Waals surface area contributed by atoms with Crippen molar-refractivity contribution in [1.82, 2.24) is 0 Å². The number of hydrogen-bond acceptors (Lipinski definition) is 4. The van der Waals surface area contributed by atoms with Gasteiger partial charge in [0.25, 0.3) is 10.9 Å². The van der Waals surface area contributed by atoms with E-state index >= 15 is 0 Å². The quantitative estimate of drug-likeness (QED) is 0.585. The molecule has 0 unspecified atom stereocenters. The van der Waals surface area contributed by atoms with Gasteiger partial charge in [0.15, 0.2) is 5.75 Å². The fourth-order valence-corrected chi connectivity index (χ4v) is 1.04. The maximum Gasteiger partial charge on any atom is 0.272 e. The fourth-order valence-electron chi connectivity index (χ4n) is 1.04. The van der Waals surface area contributed by atoms with Gasteiger partial charge in [-0.05, 0) is 6.92 Å². The largest absolute Gasteiger partial charge is 0.488 e. The van der Waals surface area contributed by atoms with Gasteiger partial charge in [-0.1, -0.05) is 0 Å². The maximum atomic E-state index is 11.0. The molecule has 0 atom stereocenters. The lowest BCUT2D eigenvalue weighted by atomic mass is 10.2. The molecule has 0 aliphatic carbocycles. The molecular formula is C8H11NO3. The van der Waals surface area contributed by atoms with Crippen LogP contribution in [0.2, 0.25) is 0 Å². The van der Waals surface area contributed by atoms with Crippen LogP contribution in [0, 0.1) is 0 Å². The van der Waals surface area contributed by atoms with Crippen molar-refractivity contribution in [3.63, 3.8) is 0 Å². The van der Waals surface area contributed by atoms with Gasteiger partial charge in [-0.25, -0.2) is 0 Å². The Bertz CT molecular complexity index is 347. The molecule has 4 nitrogen and oxygen atoms in total. The Morgan fingerprint density at radius 2 is 1.83 bits per heavy atom. The van der Waals surface area contributed by atoms with Crippen LogP contribution in [-0.4, -0.2) is 20.7 Å². The normalized spacial score (nSPS) is 10.2. The lowest BCUT2D eigenvalue weighted by Gasteiger charge is -2.17. The van der Waals surface area contributed by atoms with E-state index in [4.69, 9.17) is 4.74 Å². The van der Waals surface area contributed by atoms with Gasteiger partial charge < -0.3 is 9.64 Å².